The van der Waals surface area contributed by atoms with E-state index in [4.69, 9.17) is 0 Å². The predicted octanol–water partition coefficient (Wildman–Crippen LogP) is 3.40. The molecule has 0 amide bonds. The monoisotopic (exact) mass is 205 g/mol. The van der Waals surface area contributed by atoms with Gasteiger partial charge in [-0.3, -0.25) is 0 Å². The lowest BCUT2D eigenvalue weighted by molar-refractivity contribution is 0.382. The molecule has 0 atom stereocenters. The summed E-state index contributed by atoms with van der Waals surface area (Å²) in [7, 11) is 0. The Kier molecular flexibility index (Phi) is 3.92. The molecule has 0 bridgehead atoms. The second-order valence-electron chi connectivity index (χ2n) is 4.46. The average Bonchev–Trinajstić information content (AvgIpc) is 2.19. The van der Waals surface area contributed by atoms with Crippen molar-refractivity contribution in [2.45, 2.75) is 46.6 Å². The van der Waals surface area contributed by atoms with Gasteiger partial charge in [-0.1, -0.05) is 37.6 Å². The van der Waals surface area contributed by atoms with Crippen molar-refractivity contribution in [2.75, 3.05) is 6.54 Å². The fraction of sp³-hybridized carbons (Fsp3) is 0.571. The lowest BCUT2D eigenvalue weighted by Gasteiger charge is -2.34. The molecule has 0 fully saturated rings. The van der Waals surface area contributed by atoms with Crippen LogP contribution in [0.4, 0.5) is 0 Å². The molecule has 1 nitrogen and oxygen atoms in total. The maximum Gasteiger partial charge on any atom is 0.0380 e. The number of rotatable bonds is 0. The van der Waals surface area contributed by atoms with Gasteiger partial charge >= 0.3 is 0 Å². The minimum absolute atomic E-state index is 0.154. The molecule has 0 saturated carbocycles. The Bertz CT molecular complexity index is 326. The minimum Gasteiger partial charge on any atom is -0.307 e. The van der Waals surface area contributed by atoms with Gasteiger partial charge < -0.3 is 5.32 Å². The number of benzene rings is 1. The van der Waals surface area contributed by atoms with E-state index in [0.29, 0.717) is 0 Å². The molecule has 1 aliphatic rings. The lowest BCUT2D eigenvalue weighted by atomic mass is 9.84. The van der Waals surface area contributed by atoms with Gasteiger partial charge in [-0.15, -0.1) is 0 Å². The number of hydrogen-bond donors (Lipinski definition) is 1. The van der Waals surface area contributed by atoms with E-state index < -0.39 is 0 Å². The van der Waals surface area contributed by atoms with Crippen molar-refractivity contribution in [1.82, 2.24) is 5.32 Å². The molecule has 0 radical (unpaired) electrons. The van der Waals surface area contributed by atoms with Crippen LogP contribution in [0.2, 0.25) is 0 Å². The zero-order valence-electron chi connectivity index (χ0n) is 10.6. The van der Waals surface area contributed by atoms with Crippen molar-refractivity contribution >= 4 is 0 Å². The summed E-state index contributed by atoms with van der Waals surface area (Å²) in [6.07, 6.45) is 1.17. The van der Waals surface area contributed by atoms with Gasteiger partial charge in [0.2, 0.25) is 0 Å². The summed E-state index contributed by atoms with van der Waals surface area (Å²) in [6, 6.07) is 6.78. The Labute approximate surface area is 93.9 Å². The number of aryl methyl sites for hydroxylation is 1. The van der Waals surface area contributed by atoms with Crippen LogP contribution in [0.25, 0.3) is 0 Å². The Balaban J connectivity index is 0.000000531. The SMILES string of the molecule is CC.Cc1ccc2c(c1)CCNC2(C)C. The first-order valence-electron chi connectivity index (χ1n) is 5.95. The second kappa shape index (κ2) is 4.80. The Hall–Kier alpha value is -0.820. The molecule has 0 unspecified atom stereocenters. The van der Waals surface area contributed by atoms with E-state index in [0.717, 1.165) is 6.54 Å². The van der Waals surface area contributed by atoms with Crippen LogP contribution in [0.3, 0.4) is 0 Å². The molecule has 1 heterocycles. The van der Waals surface area contributed by atoms with Crippen LogP contribution < -0.4 is 5.32 Å². The van der Waals surface area contributed by atoms with Crippen molar-refractivity contribution in [3.05, 3.63) is 34.9 Å². The van der Waals surface area contributed by atoms with E-state index in [1.54, 1.807) is 0 Å². The highest BCUT2D eigenvalue weighted by molar-refractivity contribution is 5.38. The molecule has 84 valence electrons. The first-order chi connectivity index (χ1) is 7.09. The highest BCUT2D eigenvalue weighted by Gasteiger charge is 2.25. The average molecular weight is 205 g/mol. The van der Waals surface area contributed by atoms with Gasteiger partial charge in [0.05, 0.1) is 0 Å². The summed E-state index contributed by atoms with van der Waals surface area (Å²) >= 11 is 0. The zero-order chi connectivity index (χ0) is 11.5. The van der Waals surface area contributed by atoms with E-state index in [1.165, 1.54) is 23.1 Å². The molecule has 15 heavy (non-hydrogen) atoms. The van der Waals surface area contributed by atoms with Crippen molar-refractivity contribution < 1.29 is 0 Å². The molecule has 1 aliphatic heterocycles. The van der Waals surface area contributed by atoms with E-state index in [9.17, 15) is 0 Å². The fourth-order valence-corrected chi connectivity index (χ4v) is 2.14. The number of nitrogens with one attached hydrogen (secondary N) is 1. The number of hydrogen-bond acceptors (Lipinski definition) is 1. The van der Waals surface area contributed by atoms with Crippen LogP contribution in [0, 0.1) is 6.92 Å². The smallest absolute Gasteiger partial charge is 0.0380 e. The van der Waals surface area contributed by atoms with E-state index >= 15 is 0 Å². The van der Waals surface area contributed by atoms with Crippen molar-refractivity contribution in [2.24, 2.45) is 0 Å². The molecule has 0 aliphatic carbocycles. The van der Waals surface area contributed by atoms with Crippen LogP contribution in [0.1, 0.15) is 44.4 Å². The first-order valence-corrected chi connectivity index (χ1v) is 5.95. The summed E-state index contributed by atoms with van der Waals surface area (Å²) in [5.74, 6) is 0. The van der Waals surface area contributed by atoms with Crippen LogP contribution in [-0.4, -0.2) is 6.54 Å². The third-order valence-corrected chi connectivity index (χ3v) is 2.90. The quantitative estimate of drug-likeness (QED) is 0.684. The van der Waals surface area contributed by atoms with Gasteiger partial charge in [-0.25, -0.2) is 0 Å². The van der Waals surface area contributed by atoms with Gasteiger partial charge in [0, 0.05) is 5.54 Å². The maximum atomic E-state index is 3.53. The molecule has 0 saturated heterocycles. The van der Waals surface area contributed by atoms with Gasteiger partial charge in [-0.2, -0.15) is 0 Å². The Morgan fingerprint density at radius 3 is 2.53 bits per heavy atom. The third kappa shape index (κ3) is 2.60. The summed E-state index contributed by atoms with van der Waals surface area (Å²) in [6.45, 7) is 11.8. The van der Waals surface area contributed by atoms with E-state index in [2.05, 4.69) is 44.3 Å². The van der Waals surface area contributed by atoms with Crippen LogP contribution in [-0.2, 0) is 12.0 Å². The van der Waals surface area contributed by atoms with E-state index in [1.807, 2.05) is 13.8 Å². The molecule has 1 N–H and O–H groups in total. The topological polar surface area (TPSA) is 12.0 Å². The maximum absolute atomic E-state index is 3.53. The van der Waals surface area contributed by atoms with Crippen molar-refractivity contribution in [3.63, 3.8) is 0 Å². The van der Waals surface area contributed by atoms with Gasteiger partial charge in [-0.05, 0) is 44.9 Å². The van der Waals surface area contributed by atoms with Crippen LogP contribution in [0.5, 0.6) is 0 Å². The molecule has 1 heteroatoms. The highest BCUT2D eigenvalue weighted by Crippen LogP contribution is 2.28. The summed E-state index contributed by atoms with van der Waals surface area (Å²) in [5.41, 5.74) is 4.51. The predicted molar refractivity (Wildman–Crippen MR) is 67.3 cm³/mol. The van der Waals surface area contributed by atoms with Gasteiger partial charge in [0.15, 0.2) is 0 Å². The van der Waals surface area contributed by atoms with Crippen LogP contribution >= 0.6 is 0 Å². The third-order valence-electron chi connectivity index (χ3n) is 2.90. The van der Waals surface area contributed by atoms with E-state index in [-0.39, 0.29) is 5.54 Å². The lowest BCUT2D eigenvalue weighted by Crippen LogP contribution is -2.42. The Morgan fingerprint density at radius 2 is 1.87 bits per heavy atom. The first kappa shape index (κ1) is 12.3. The summed E-state index contributed by atoms with van der Waals surface area (Å²) in [5, 5.41) is 3.53. The molecule has 1 aromatic carbocycles. The van der Waals surface area contributed by atoms with Crippen molar-refractivity contribution in [3.8, 4) is 0 Å². The zero-order valence-corrected chi connectivity index (χ0v) is 10.6. The normalized spacial score (nSPS) is 17.4. The molecule has 0 aromatic heterocycles. The molecule has 1 aromatic rings. The fourth-order valence-electron chi connectivity index (χ4n) is 2.14. The minimum atomic E-state index is 0.154. The summed E-state index contributed by atoms with van der Waals surface area (Å²) in [4.78, 5) is 0. The second-order valence-corrected chi connectivity index (χ2v) is 4.46. The standard InChI is InChI=1S/C12H17N.C2H6/c1-9-4-5-11-10(8-9)6-7-13-12(11,2)3;1-2/h4-5,8,13H,6-7H2,1-3H3;1-2H3. The van der Waals surface area contributed by atoms with Crippen LogP contribution in [0.15, 0.2) is 18.2 Å². The highest BCUT2D eigenvalue weighted by atomic mass is 15.0. The largest absolute Gasteiger partial charge is 0.307 e. The number of fused-ring (bicyclic) bond motifs is 1. The Morgan fingerprint density at radius 1 is 1.20 bits per heavy atom. The van der Waals surface area contributed by atoms with Gasteiger partial charge in [0.25, 0.3) is 0 Å². The van der Waals surface area contributed by atoms with Gasteiger partial charge in [0.1, 0.15) is 0 Å². The summed E-state index contributed by atoms with van der Waals surface area (Å²) < 4.78 is 0. The molecule has 2 rings (SSSR count). The molecule has 0 spiro atoms. The van der Waals surface area contributed by atoms with Crippen molar-refractivity contribution in [1.29, 1.82) is 0 Å². The molecular weight excluding hydrogens is 182 g/mol. The molecular formula is C14H23N.